The number of rotatable bonds is 2. The van der Waals surface area contributed by atoms with Crippen LogP contribution in [-0.4, -0.2) is 18.6 Å². The Hall–Kier alpha value is -1.35. The van der Waals surface area contributed by atoms with Crippen LogP contribution in [-0.2, 0) is 9.53 Å². The van der Waals surface area contributed by atoms with Gasteiger partial charge in [-0.15, -0.1) is 0 Å². The number of anilines is 1. The maximum absolute atomic E-state index is 11.8. The Morgan fingerprint density at radius 3 is 2.94 bits per heavy atom. The van der Waals surface area contributed by atoms with Crippen molar-refractivity contribution in [2.75, 3.05) is 11.9 Å². The van der Waals surface area contributed by atoms with E-state index in [1.165, 1.54) is 5.56 Å². The summed E-state index contributed by atoms with van der Waals surface area (Å²) in [5.41, 5.74) is 3.19. The summed E-state index contributed by atoms with van der Waals surface area (Å²) in [6.07, 6.45) is 1.54. The van der Waals surface area contributed by atoms with Crippen LogP contribution in [0.2, 0.25) is 0 Å². The molecule has 1 aromatic carbocycles. The van der Waals surface area contributed by atoms with E-state index in [0.29, 0.717) is 6.61 Å². The Bertz CT molecular complexity index is 395. The van der Waals surface area contributed by atoms with Crippen molar-refractivity contribution in [2.24, 2.45) is 0 Å². The predicted octanol–water partition coefficient (Wildman–Crippen LogP) is 2.42. The molecule has 1 saturated heterocycles. The number of hydrogen-bond acceptors (Lipinski definition) is 2. The van der Waals surface area contributed by atoms with Gasteiger partial charge in [0, 0.05) is 12.3 Å². The van der Waals surface area contributed by atoms with Crippen molar-refractivity contribution < 1.29 is 9.53 Å². The number of amides is 1. The number of hydrogen-bond donors (Lipinski definition) is 1. The summed E-state index contributed by atoms with van der Waals surface area (Å²) in [7, 11) is 0. The Morgan fingerprint density at radius 2 is 2.25 bits per heavy atom. The van der Waals surface area contributed by atoms with Gasteiger partial charge in [-0.25, -0.2) is 0 Å². The van der Waals surface area contributed by atoms with E-state index < -0.39 is 0 Å². The van der Waals surface area contributed by atoms with Gasteiger partial charge in [-0.1, -0.05) is 12.1 Å². The molecule has 0 bridgehead atoms. The minimum Gasteiger partial charge on any atom is -0.368 e. The van der Waals surface area contributed by atoms with Crippen LogP contribution in [0.4, 0.5) is 5.69 Å². The van der Waals surface area contributed by atoms with E-state index in [4.69, 9.17) is 4.74 Å². The Balaban J connectivity index is 2.08. The first-order valence-electron chi connectivity index (χ1n) is 5.67. The maximum Gasteiger partial charge on any atom is 0.253 e. The smallest absolute Gasteiger partial charge is 0.253 e. The molecular formula is C13H17NO2. The second kappa shape index (κ2) is 4.66. The molecule has 1 amide bonds. The fourth-order valence-corrected chi connectivity index (χ4v) is 1.88. The van der Waals surface area contributed by atoms with E-state index in [-0.39, 0.29) is 12.0 Å². The first kappa shape index (κ1) is 11.1. The van der Waals surface area contributed by atoms with E-state index in [9.17, 15) is 4.79 Å². The molecule has 0 radical (unpaired) electrons. The second-order valence-electron chi connectivity index (χ2n) is 4.24. The zero-order chi connectivity index (χ0) is 11.5. The molecule has 1 atom stereocenters. The lowest BCUT2D eigenvalue weighted by Gasteiger charge is -2.13. The number of aryl methyl sites for hydroxylation is 1. The molecule has 0 spiro atoms. The van der Waals surface area contributed by atoms with Crippen molar-refractivity contribution in [3.63, 3.8) is 0 Å². The van der Waals surface area contributed by atoms with Gasteiger partial charge in [0.15, 0.2) is 0 Å². The molecule has 3 heteroatoms. The molecule has 1 heterocycles. The molecule has 1 aliphatic heterocycles. The Kier molecular flexibility index (Phi) is 3.25. The molecule has 1 N–H and O–H groups in total. The van der Waals surface area contributed by atoms with Crippen LogP contribution >= 0.6 is 0 Å². The molecule has 86 valence electrons. The molecule has 1 aliphatic rings. The summed E-state index contributed by atoms with van der Waals surface area (Å²) in [5.74, 6) is -0.0220. The standard InChI is InChI=1S/C13H17NO2/c1-9-5-3-6-11(10(9)2)14-13(15)12-7-4-8-16-12/h3,5-6,12H,4,7-8H2,1-2H3,(H,14,15)/t12-/m1/s1. The van der Waals surface area contributed by atoms with Gasteiger partial charge < -0.3 is 10.1 Å². The zero-order valence-corrected chi connectivity index (χ0v) is 9.75. The van der Waals surface area contributed by atoms with E-state index in [1.54, 1.807) is 0 Å². The van der Waals surface area contributed by atoms with Crippen molar-refractivity contribution >= 4 is 11.6 Å². The van der Waals surface area contributed by atoms with Gasteiger partial charge in [-0.3, -0.25) is 4.79 Å². The number of ether oxygens (including phenoxy) is 1. The minimum absolute atomic E-state index is 0.0220. The maximum atomic E-state index is 11.8. The van der Waals surface area contributed by atoms with Gasteiger partial charge in [0.2, 0.25) is 0 Å². The van der Waals surface area contributed by atoms with Crippen LogP contribution in [0.3, 0.4) is 0 Å². The molecule has 2 rings (SSSR count). The predicted molar refractivity (Wildman–Crippen MR) is 63.5 cm³/mol. The van der Waals surface area contributed by atoms with Crippen molar-refractivity contribution in [3.05, 3.63) is 29.3 Å². The first-order chi connectivity index (χ1) is 7.68. The quantitative estimate of drug-likeness (QED) is 0.829. The summed E-state index contributed by atoms with van der Waals surface area (Å²) in [6.45, 7) is 4.75. The van der Waals surface area contributed by atoms with Crippen LogP contribution < -0.4 is 5.32 Å². The van der Waals surface area contributed by atoms with Crippen molar-refractivity contribution in [3.8, 4) is 0 Å². The fourth-order valence-electron chi connectivity index (χ4n) is 1.88. The summed E-state index contributed by atoms with van der Waals surface area (Å²) < 4.78 is 5.35. The number of carbonyl (C=O) groups is 1. The normalized spacial score (nSPS) is 19.8. The van der Waals surface area contributed by atoms with Crippen LogP contribution in [0.1, 0.15) is 24.0 Å². The monoisotopic (exact) mass is 219 g/mol. The van der Waals surface area contributed by atoms with E-state index >= 15 is 0 Å². The van der Waals surface area contributed by atoms with E-state index in [2.05, 4.69) is 5.32 Å². The van der Waals surface area contributed by atoms with Gasteiger partial charge in [0.05, 0.1) is 0 Å². The lowest BCUT2D eigenvalue weighted by atomic mass is 10.1. The van der Waals surface area contributed by atoms with Crippen LogP contribution in [0.15, 0.2) is 18.2 Å². The van der Waals surface area contributed by atoms with Crippen molar-refractivity contribution in [1.82, 2.24) is 0 Å². The number of carbonyl (C=O) groups excluding carboxylic acids is 1. The Labute approximate surface area is 95.8 Å². The van der Waals surface area contributed by atoms with Gasteiger partial charge in [0.1, 0.15) is 6.10 Å². The fraction of sp³-hybridized carbons (Fsp3) is 0.462. The first-order valence-corrected chi connectivity index (χ1v) is 5.67. The summed E-state index contributed by atoms with van der Waals surface area (Å²) in [5, 5.41) is 2.93. The van der Waals surface area contributed by atoms with Crippen LogP contribution in [0.25, 0.3) is 0 Å². The number of benzene rings is 1. The number of nitrogens with one attached hydrogen (secondary N) is 1. The van der Waals surface area contributed by atoms with Gasteiger partial charge in [0.25, 0.3) is 5.91 Å². The molecule has 0 unspecified atom stereocenters. The highest BCUT2D eigenvalue weighted by molar-refractivity contribution is 5.95. The molecule has 16 heavy (non-hydrogen) atoms. The summed E-state index contributed by atoms with van der Waals surface area (Å²) in [6, 6.07) is 5.92. The average molecular weight is 219 g/mol. The summed E-state index contributed by atoms with van der Waals surface area (Å²) in [4.78, 5) is 11.8. The van der Waals surface area contributed by atoms with Crippen LogP contribution in [0.5, 0.6) is 0 Å². The molecule has 0 aliphatic carbocycles. The Morgan fingerprint density at radius 1 is 1.44 bits per heavy atom. The zero-order valence-electron chi connectivity index (χ0n) is 9.75. The highest BCUT2D eigenvalue weighted by Gasteiger charge is 2.23. The van der Waals surface area contributed by atoms with Gasteiger partial charge in [-0.05, 0) is 43.9 Å². The third-order valence-corrected chi connectivity index (χ3v) is 3.08. The van der Waals surface area contributed by atoms with Crippen molar-refractivity contribution in [2.45, 2.75) is 32.8 Å². The van der Waals surface area contributed by atoms with Crippen molar-refractivity contribution in [1.29, 1.82) is 0 Å². The lowest BCUT2D eigenvalue weighted by molar-refractivity contribution is -0.124. The van der Waals surface area contributed by atoms with Gasteiger partial charge in [-0.2, -0.15) is 0 Å². The molecule has 1 fully saturated rings. The van der Waals surface area contributed by atoms with E-state index in [1.807, 2.05) is 32.0 Å². The molecular weight excluding hydrogens is 202 g/mol. The second-order valence-corrected chi connectivity index (χ2v) is 4.24. The van der Waals surface area contributed by atoms with E-state index in [0.717, 1.165) is 24.1 Å². The van der Waals surface area contributed by atoms with Crippen LogP contribution in [0, 0.1) is 13.8 Å². The minimum atomic E-state index is -0.264. The highest BCUT2D eigenvalue weighted by atomic mass is 16.5. The summed E-state index contributed by atoms with van der Waals surface area (Å²) >= 11 is 0. The SMILES string of the molecule is Cc1cccc(NC(=O)[C@H]2CCCO2)c1C. The average Bonchev–Trinajstić information content (AvgIpc) is 2.78. The topological polar surface area (TPSA) is 38.3 Å². The molecule has 0 saturated carbocycles. The third kappa shape index (κ3) is 2.25. The molecule has 1 aromatic rings. The molecule has 3 nitrogen and oxygen atoms in total. The highest BCUT2D eigenvalue weighted by Crippen LogP contribution is 2.20. The lowest BCUT2D eigenvalue weighted by Crippen LogP contribution is -2.27. The van der Waals surface area contributed by atoms with Gasteiger partial charge >= 0.3 is 0 Å². The largest absolute Gasteiger partial charge is 0.368 e. The molecule has 0 aromatic heterocycles. The third-order valence-electron chi connectivity index (χ3n) is 3.08.